The van der Waals surface area contributed by atoms with Crippen LogP contribution in [0.15, 0.2) is 42.5 Å². The summed E-state index contributed by atoms with van der Waals surface area (Å²) in [6.45, 7) is 1.48. The summed E-state index contributed by atoms with van der Waals surface area (Å²) in [5.74, 6) is -2.49. The van der Waals surface area contributed by atoms with E-state index in [-0.39, 0.29) is 5.56 Å². The number of aryl methyl sites for hydroxylation is 1. The van der Waals surface area contributed by atoms with Crippen LogP contribution in [0.4, 0.5) is 14.5 Å². The average molecular weight is 247 g/mol. The number of anilines is 1. The van der Waals surface area contributed by atoms with Crippen molar-refractivity contribution in [2.45, 2.75) is 6.92 Å². The van der Waals surface area contributed by atoms with Crippen molar-refractivity contribution in [1.82, 2.24) is 0 Å². The summed E-state index contributed by atoms with van der Waals surface area (Å²) < 4.78 is 27.2. The third-order valence-electron chi connectivity index (χ3n) is 2.54. The van der Waals surface area contributed by atoms with E-state index < -0.39 is 23.1 Å². The molecule has 4 heteroatoms. The highest BCUT2D eigenvalue weighted by atomic mass is 19.1. The van der Waals surface area contributed by atoms with Crippen molar-refractivity contribution in [3.05, 3.63) is 65.2 Å². The molecule has 0 radical (unpaired) electrons. The van der Waals surface area contributed by atoms with Crippen molar-refractivity contribution in [1.29, 1.82) is 0 Å². The molecule has 0 aliphatic rings. The lowest BCUT2D eigenvalue weighted by Crippen LogP contribution is -2.16. The van der Waals surface area contributed by atoms with Crippen LogP contribution >= 0.6 is 0 Å². The van der Waals surface area contributed by atoms with Gasteiger partial charge in [0, 0.05) is 5.69 Å². The Hall–Kier alpha value is -2.23. The molecule has 2 aromatic rings. The maximum absolute atomic E-state index is 13.7. The molecule has 0 atom stereocenters. The molecule has 0 aromatic heterocycles. The Balaban J connectivity index is 2.33. The summed E-state index contributed by atoms with van der Waals surface area (Å²) in [5, 5.41) is 2.45. The average Bonchev–Trinajstić information content (AvgIpc) is 2.36. The van der Waals surface area contributed by atoms with Crippen molar-refractivity contribution < 1.29 is 13.6 Å². The molecule has 1 N–H and O–H groups in total. The minimum absolute atomic E-state index is 0.231. The molecule has 0 saturated heterocycles. The maximum Gasteiger partial charge on any atom is 0.261 e. The number of nitrogens with one attached hydrogen (secondary N) is 1. The Bertz CT molecular complexity index is 582. The Kier molecular flexibility index (Phi) is 3.37. The fourth-order valence-electron chi connectivity index (χ4n) is 1.58. The number of halogens is 2. The first-order valence-corrected chi connectivity index (χ1v) is 5.40. The van der Waals surface area contributed by atoms with Crippen LogP contribution in [0.2, 0.25) is 0 Å². The number of carbonyl (C=O) groups is 1. The number of para-hydroxylation sites is 1. The number of carbonyl (C=O) groups excluding carboxylic acids is 1. The molecule has 1 amide bonds. The Morgan fingerprint density at radius 2 is 1.72 bits per heavy atom. The van der Waals surface area contributed by atoms with E-state index in [2.05, 4.69) is 5.32 Å². The number of hydrogen-bond acceptors (Lipinski definition) is 1. The third kappa shape index (κ3) is 2.37. The molecular weight excluding hydrogens is 236 g/mol. The number of amides is 1. The quantitative estimate of drug-likeness (QED) is 0.864. The fourth-order valence-corrected chi connectivity index (χ4v) is 1.58. The van der Waals surface area contributed by atoms with Gasteiger partial charge in [-0.05, 0) is 30.7 Å². The lowest BCUT2D eigenvalue weighted by molar-refractivity contribution is 0.101. The van der Waals surface area contributed by atoms with E-state index in [0.29, 0.717) is 5.69 Å². The van der Waals surface area contributed by atoms with E-state index in [4.69, 9.17) is 0 Å². The topological polar surface area (TPSA) is 29.1 Å². The van der Waals surface area contributed by atoms with Crippen LogP contribution in [0.25, 0.3) is 0 Å². The van der Waals surface area contributed by atoms with E-state index in [0.717, 1.165) is 6.07 Å². The van der Waals surface area contributed by atoms with Gasteiger partial charge in [-0.3, -0.25) is 4.79 Å². The molecule has 2 rings (SSSR count). The van der Waals surface area contributed by atoms with E-state index >= 15 is 0 Å². The highest BCUT2D eigenvalue weighted by Gasteiger charge is 2.18. The van der Waals surface area contributed by atoms with Gasteiger partial charge < -0.3 is 5.32 Å². The van der Waals surface area contributed by atoms with E-state index in [1.165, 1.54) is 13.0 Å². The van der Waals surface area contributed by atoms with E-state index in [1.807, 2.05) is 0 Å². The monoisotopic (exact) mass is 247 g/mol. The van der Waals surface area contributed by atoms with Gasteiger partial charge in [-0.25, -0.2) is 8.78 Å². The standard InChI is InChI=1S/C14H11F2NO/c1-9-7-8-11(15)12(13(9)16)14(18)17-10-5-3-2-4-6-10/h2-8H,1H3,(H,17,18). The molecule has 0 bridgehead atoms. The van der Waals surface area contributed by atoms with Gasteiger partial charge in [-0.2, -0.15) is 0 Å². The minimum Gasteiger partial charge on any atom is -0.322 e. The van der Waals surface area contributed by atoms with Crippen molar-refractivity contribution in [3.63, 3.8) is 0 Å². The first-order valence-electron chi connectivity index (χ1n) is 5.40. The second-order valence-corrected chi connectivity index (χ2v) is 3.87. The van der Waals surface area contributed by atoms with Gasteiger partial charge in [-0.15, -0.1) is 0 Å². The molecule has 92 valence electrons. The van der Waals surface area contributed by atoms with Crippen LogP contribution < -0.4 is 5.32 Å². The van der Waals surface area contributed by atoms with E-state index in [1.54, 1.807) is 30.3 Å². The Labute approximate surface area is 103 Å². The molecule has 0 spiro atoms. The summed E-state index contributed by atoms with van der Waals surface area (Å²) in [6.07, 6.45) is 0. The van der Waals surface area contributed by atoms with Crippen LogP contribution in [-0.4, -0.2) is 5.91 Å². The van der Waals surface area contributed by atoms with Crippen LogP contribution in [-0.2, 0) is 0 Å². The largest absolute Gasteiger partial charge is 0.322 e. The van der Waals surface area contributed by atoms with Crippen molar-refractivity contribution in [2.24, 2.45) is 0 Å². The minimum atomic E-state index is -0.869. The highest BCUT2D eigenvalue weighted by Crippen LogP contribution is 2.18. The molecular formula is C14H11F2NO. The molecule has 18 heavy (non-hydrogen) atoms. The second-order valence-electron chi connectivity index (χ2n) is 3.87. The summed E-state index contributed by atoms with van der Waals surface area (Å²) in [4.78, 5) is 11.8. The molecule has 0 saturated carbocycles. The zero-order valence-corrected chi connectivity index (χ0v) is 9.71. The molecule has 0 heterocycles. The van der Waals surface area contributed by atoms with Crippen molar-refractivity contribution in [3.8, 4) is 0 Å². The molecule has 0 fully saturated rings. The smallest absolute Gasteiger partial charge is 0.261 e. The fraction of sp³-hybridized carbons (Fsp3) is 0.0714. The van der Waals surface area contributed by atoms with Crippen molar-refractivity contribution in [2.75, 3.05) is 5.32 Å². The Morgan fingerprint density at radius 1 is 1.06 bits per heavy atom. The summed E-state index contributed by atoms with van der Waals surface area (Å²) in [5.41, 5.74) is 0.163. The normalized spacial score (nSPS) is 10.2. The molecule has 2 aromatic carbocycles. The first-order chi connectivity index (χ1) is 8.59. The maximum atomic E-state index is 13.7. The Morgan fingerprint density at radius 3 is 2.39 bits per heavy atom. The van der Waals surface area contributed by atoms with E-state index in [9.17, 15) is 13.6 Å². The van der Waals surface area contributed by atoms with Gasteiger partial charge in [0.25, 0.3) is 5.91 Å². The van der Waals surface area contributed by atoms with Gasteiger partial charge in [0.05, 0.1) is 0 Å². The summed E-state index contributed by atoms with van der Waals surface area (Å²) >= 11 is 0. The zero-order valence-electron chi connectivity index (χ0n) is 9.71. The molecule has 0 unspecified atom stereocenters. The molecule has 2 nitrogen and oxygen atoms in total. The SMILES string of the molecule is Cc1ccc(F)c(C(=O)Nc2ccccc2)c1F. The van der Waals surface area contributed by atoms with Gasteiger partial charge in [0.15, 0.2) is 0 Å². The van der Waals surface area contributed by atoms with Crippen LogP contribution in [0.5, 0.6) is 0 Å². The van der Waals surface area contributed by atoms with Gasteiger partial charge in [-0.1, -0.05) is 24.3 Å². The molecule has 0 aliphatic heterocycles. The van der Waals surface area contributed by atoms with Crippen LogP contribution in [0.1, 0.15) is 15.9 Å². The predicted octanol–water partition coefficient (Wildman–Crippen LogP) is 3.53. The second kappa shape index (κ2) is 4.96. The number of hydrogen-bond donors (Lipinski definition) is 1. The lowest BCUT2D eigenvalue weighted by atomic mass is 10.1. The predicted molar refractivity (Wildman–Crippen MR) is 65.5 cm³/mol. The number of rotatable bonds is 2. The van der Waals surface area contributed by atoms with Gasteiger partial charge in [0.2, 0.25) is 0 Å². The first kappa shape index (κ1) is 12.2. The van der Waals surface area contributed by atoms with Crippen LogP contribution in [0.3, 0.4) is 0 Å². The van der Waals surface area contributed by atoms with Crippen LogP contribution in [0, 0.1) is 18.6 Å². The van der Waals surface area contributed by atoms with Crippen molar-refractivity contribution >= 4 is 11.6 Å². The number of benzene rings is 2. The highest BCUT2D eigenvalue weighted by molar-refractivity contribution is 6.04. The zero-order chi connectivity index (χ0) is 13.1. The lowest BCUT2D eigenvalue weighted by Gasteiger charge is -2.08. The summed E-state index contributed by atoms with van der Waals surface area (Å²) in [7, 11) is 0. The third-order valence-corrected chi connectivity index (χ3v) is 2.54. The molecule has 0 aliphatic carbocycles. The van der Waals surface area contributed by atoms with Gasteiger partial charge in [0.1, 0.15) is 17.2 Å². The van der Waals surface area contributed by atoms with Gasteiger partial charge >= 0.3 is 0 Å². The summed E-state index contributed by atoms with van der Waals surface area (Å²) in [6, 6.07) is 10.9.